The molecule has 28 heavy (non-hydrogen) atoms. The molecule has 0 radical (unpaired) electrons. The summed E-state index contributed by atoms with van der Waals surface area (Å²) < 4.78 is 0.699. The molecule has 1 aromatic heterocycles. The number of aromatic amines is 1. The van der Waals surface area contributed by atoms with Gasteiger partial charge in [-0.05, 0) is 47.9 Å². The Morgan fingerprint density at radius 1 is 1.21 bits per heavy atom. The van der Waals surface area contributed by atoms with Crippen molar-refractivity contribution in [3.63, 3.8) is 0 Å². The lowest BCUT2D eigenvalue weighted by Gasteiger charge is -2.17. The molecule has 3 aromatic rings. The van der Waals surface area contributed by atoms with Crippen molar-refractivity contribution in [3.05, 3.63) is 62.3 Å². The van der Waals surface area contributed by atoms with Gasteiger partial charge in [0.05, 0.1) is 16.3 Å². The molecule has 1 heterocycles. The van der Waals surface area contributed by atoms with Crippen molar-refractivity contribution >= 4 is 21.6 Å². The molecule has 0 spiro atoms. The van der Waals surface area contributed by atoms with Crippen molar-refractivity contribution in [2.24, 2.45) is 5.92 Å². The number of fused-ring (bicyclic) bond motifs is 2. The van der Waals surface area contributed by atoms with Gasteiger partial charge in [0.2, 0.25) is 0 Å². The lowest BCUT2D eigenvalue weighted by atomic mass is 9.99. The molecule has 0 saturated carbocycles. The predicted octanol–water partition coefficient (Wildman–Crippen LogP) is 3.28. The van der Waals surface area contributed by atoms with Crippen LogP contribution in [-0.2, 0) is 19.3 Å². The summed E-state index contributed by atoms with van der Waals surface area (Å²) >= 11 is 1.06. The van der Waals surface area contributed by atoms with Crippen molar-refractivity contribution in [2.75, 3.05) is 6.54 Å². The number of hydrogen-bond donors (Lipinski definition) is 4. The first-order valence-corrected chi connectivity index (χ1v) is 10.6. The number of thiazole rings is 1. The molecule has 1 aliphatic carbocycles. The van der Waals surface area contributed by atoms with E-state index in [0.29, 0.717) is 28.2 Å². The molecule has 2 atom stereocenters. The number of nitrogens with one attached hydrogen (secondary N) is 2. The first kappa shape index (κ1) is 19.2. The normalized spacial score (nSPS) is 17.4. The minimum Gasteiger partial charge on any atom is -0.508 e. The van der Waals surface area contributed by atoms with Gasteiger partial charge in [-0.25, -0.2) is 0 Å². The predicted molar refractivity (Wildman–Crippen MR) is 113 cm³/mol. The third-order valence-electron chi connectivity index (χ3n) is 5.34. The molecule has 4 N–H and O–H groups in total. The van der Waals surface area contributed by atoms with Crippen LogP contribution in [0.5, 0.6) is 5.75 Å². The highest BCUT2D eigenvalue weighted by molar-refractivity contribution is 7.16. The lowest BCUT2D eigenvalue weighted by molar-refractivity contribution is 0.171. The minimum absolute atomic E-state index is 0.0431. The van der Waals surface area contributed by atoms with Crippen LogP contribution in [-0.4, -0.2) is 27.8 Å². The van der Waals surface area contributed by atoms with Gasteiger partial charge in [-0.1, -0.05) is 43.4 Å². The summed E-state index contributed by atoms with van der Waals surface area (Å²) in [4.78, 5) is 14.2. The molecular formula is C22H26N2O3S. The largest absolute Gasteiger partial charge is 0.508 e. The molecule has 0 aliphatic heterocycles. The van der Waals surface area contributed by atoms with E-state index in [-0.39, 0.29) is 16.7 Å². The van der Waals surface area contributed by atoms with Crippen LogP contribution >= 0.6 is 11.3 Å². The molecule has 0 amide bonds. The Bertz CT molecular complexity index is 1050. The summed E-state index contributed by atoms with van der Waals surface area (Å²) in [6.07, 6.45) is 2.22. The van der Waals surface area contributed by atoms with E-state index in [1.165, 1.54) is 22.8 Å². The van der Waals surface area contributed by atoms with Crippen molar-refractivity contribution in [1.29, 1.82) is 0 Å². The number of aliphatic hydroxyl groups is 1. The number of rotatable bonds is 6. The topological polar surface area (TPSA) is 85.3 Å². The smallest absolute Gasteiger partial charge is 0.305 e. The van der Waals surface area contributed by atoms with E-state index >= 15 is 0 Å². The van der Waals surface area contributed by atoms with E-state index in [1.807, 2.05) is 0 Å². The molecule has 5 nitrogen and oxygen atoms in total. The molecule has 1 aliphatic rings. The van der Waals surface area contributed by atoms with E-state index in [4.69, 9.17) is 0 Å². The molecule has 1 unspecified atom stereocenters. The summed E-state index contributed by atoms with van der Waals surface area (Å²) in [6, 6.07) is 10.1. The van der Waals surface area contributed by atoms with Crippen molar-refractivity contribution in [2.45, 2.75) is 45.3 Å². The van der Waals surface area contributed by atoms with Gasteiger partial charge in [0.25, 0.3) is 0 Å². The highest BCUT2D eigenvalue weighted by Gasteiger charge is 2.23. The maximum atomic E-state index is 11.6. The summed E-state index contributed by atoms with van der Waals surface area (Å²) in [5, 5.41) is 24.1. The lowest BCUT2D eigenvalue weighted by Crippen LogP contribution is -2.33. The summed E-state index contributed by atoms with van der Waals surface area (Å²) in [7, 11) is 0. The van der Waals surface area contributed by atoms with Gasteiger partial charge < -0.3 is 20.5 Å². The van der Waals surface area contributed by atoms with Gasteiger partial charge in [0, 0.05) is 24.2 Å². The molecule has 6 heteroatoms. The van der Waals surface area contributed by atoms with Gasteiger partial charge in [-0.2, -0.15) is 0 Å². The SMILES string of the molecule is CC(C)Cc1ccc2c(c1)C[C@@H](NCC(O)c1cc(O)cc3[nH]c(=O)sc13)C2. The fourth-order valence-corrected chi connectivity index (χ4v) is 5.00. The molecule has 4 rings (SSSR count). The van der Waals surface area contributed by atoms with Gasteiger partial charge in [0.1, 0.15) is 5.75 Å². The maximum absolute atomic E-state index is 11.6. The van der Waals surface area contributed by atoms with Crippen LogP contribution in [0.4, 0.5) is 0 Å². The van der Waals surface area contributed by atoms with Crippen molar-refractivity contribution < 1.29 is 10.2 Å². The number of aliphatic hydroxyl groups excluding tert-OH is 1. The van der Waals surface area contributed by atoms with Crippen LogP contribution < -0.4 is 10.2 Å². The zero-order valence-corrected chi connectivity index (χ0v) is 17.0. The van der Waals surface area contributed by atoms with Gasteiger partial charge in [-0.3, -0.25) is 4.79 Å². The molecule has 2 aromatic carbocycles. The Kier molecular flexibility index (Phi) is 5.27. The second kappa shape index (κ2) is 7.70. The molecule has 0 saturated heterocycles. The first-order valence-electron chi connectivity index (χ1n) is 9.77. The second-order valence-electron chi connectivity index (χ2n) is 8.16. The number of phenolic OH excluding ortho intramolecular Hbond substituents is 1. The minimum atomic E-state index is -0.790. The standard InChI is InChI=1S/C22H26N2O3S/c1-12(2)5-13-3-4-14-7-16(8-15(14)6-13)23-11-20(26)18-9-17(25)10-19-21(18)28-22(27)24-19/h3-4,6,9-10,12,16,20,23,25-26H,5,7-8,11H2,1-2H3,(H,24,27)/t16-,20?/m0/s1. The average Bonchev–Trinajstić information content (AvgIpc) is 3.19. The van der Waals surface area contributed by atoms with Crippen LogP contribution in [0.3, 0.4) is 0 Å². The van der Waals surface area contributed by atoms with Crippen LogP contribution in [0.15, 0.2) is 35.1 Å². The second-order valence-corrected chi connectivity index (χ2v) is 9.14. The highest BCUT2D eigenvalue weighted by Crippen LogP contribution is 2.30. The molecule has 0 bridgehead atoms. The molecular weight excluding hydrogens is 372 g/mol. The summed E-state index contributed by atoms with van der Waals surface area (Å²) in [5.74, 6) is 0.688. The zero-order chi connectivity index (χ0) is 19.8. The van der Waals surface area contributed by atoms with Gasteiger partial charge >= 0.3 is 4.87 Å². The fraction of sp³-hybridized carbons (Fsp3) is 0.409. The zero-order valence-electron chi connectivity index (χ0n) is 16.2. The Hall–Kier alpha value is -2.15. The Morgan fingerprint density at radius 3 is 2.79 bits per heavy atom. The van der Waals surface area contributed by atoms with Gasteiger partial charge in [-0.15, -0.1) is 0 Å². The van der Waals surface area contributed by atoms with Crippen LogP contribution in [0.2, 0.25) is 0 Å². The number of H-pyrrole nitrogens is 1. The van der Waals surface area contributed by atoms with Crippen LogP contribution in [0.25, 0.3) is 10.2 Å². The van der Waals surface area contributed by atoms with Gasteiger partial charge in [0.15, 0.2) is 0 Å². The maximum Gasteiger partial charge on any atom is 0.305 e. The van der Waals surface area contributed by atoms with E-state index in [1.54, 1.807) is 6.07 Å². The number of aromatic nitrogens is 1. The third-order valence-corrected chi connectivity index (χ3v) is 6.29. The number of phenols is 1. The van der Waals surface area contributed by atoms with E-state index in [0.717, 1.165) is 30.6 Å². The number of aromatic hydroxyl groups is 1. The Labute approximate surface area is 168 Å². The van der Waals surface area contributed by atoms with Crippen LogP contribution in [0.1, 0.15) is 42.2 Å². The Morgan fingerprint density at radius 2 is 2.00 bits per heavy atom. The van der Waals surface area contributed by atoms with E-state index in [2.05, 4.69) is 42.3 Å². The summed E-state index contributed by atoms with van der Waals surface area (Å²) in [5.41, 5.74) is 5.31. The quantitative estimate of drug-likeness (QED) is 0.513. The summed E-state index contributed by atoms with van der Waals surface area (Å²) in [6.45, 7) is 4.85. The fourth-order valence-electron chi connectivity index (χ4n) is 4.12. The van der Waals surface area contributed by atoms with Crippen LogP contribution in [0, 0.1) is 5.92 Å². The third kappa shape index (κ3) is 3.99. The monoisotopic (exact) mass is 398 g/mol. The first-order chi connectivity index (χ1) is 13.4. The van der Waals surface area contributed by atoms with Crippen molar-refractivity contribution in [3.8, 4) is 5.75 Å². The number of benzene rings is 2. The Balaban J connectivity index is 1.43. The average molecular weight is 399 g/mol. The van der Waals surface area contributed by atoms with E-state index < -0.39 is 6.10 Å². The number of hydrogen-bond acceptors (Lipinski definition) is 5. The van der Waals surface area contributed by atoms with E-state index in [9.17, 15) is 15.0 Å². The molecule has 148 valence electrons. The van der Waals surface area contributed by atoms with Crippen molar-refractivity contribution in [1.82, 2.24) is 10.3 Å². The highest BCUT2D eigenvalue weighted by atomic mass is 32.1. The molecule has 0 fully saturated rings.